The molecule has 2 amide bonds. The number of nitrogens with one attached hydrogen (secondary N) is 2. The molecular formula is C19H20FN3O4. The molecule has 0 atom stereocenters. The average Bonchev–Trinajstić information content (AvgIpc) is 2.67. The van der Waals surface area contributed by atoms with Gasteiger partial charge < -0.3 is 14.8 Å². The summed E-state index contributed by atoms with van der Waals surface area (Å²) >= 11 is 0. The zero-order valence-corrected chi connectivity index (χ0v) is 15.0. The topological polar surface area (TPSA) is 89.0 Å². The number of amides is 2. The van der Waals surface area contributed by atoms with Crippen molar-refractivity contribution in [1.82, 2.24) is 10.7 Å². The van der Waals surface area contributed by atoms with Crippen LogP contribution in [-0.2, 0) is 16.2 Å². The molecule has 2 rings (SSSR count). The van der Waals surface area contributed by atoms with Gasteiger partial charge in [-0.05, 0) is 48.4 Å². The van der Waals surface area contributed by atoms with Crippen LogP contribution in [0.5, 0.6) is 11.5 Å². The van der Waals surface area contributed by atoms with Crippen LogP contribution in [0.4, 0.5) is 4.39 Å². The monoisotopic (exact) mass is 373 g/mol. The van der Waals surface area contributed by atoms with E-state index in [1.807, 2.05) is 0 Å². The lowest BCUT2D eigenvalue weighted by Crippen LogP contribution is -2.37. The standard InChI is InChI=1S/C19H20FN3O4/c1-3-21-18(24)19(25)23-22-11-13-7-8-16(17(10-13)26-2)27-12-14-5-4-6-15(20)9-14/h4-11H,3,12H2,1-2H3,(H,21,24)(H,23,25)/b22-11-. The van der Waals surface area contributed by atoms with Gasteiger partial charge in [0.25, 0.3) is 0 Å². The summed E-state index contributed by atoms with van der Waals surface area (Å²) in [5.41, 5.74) is 3.45. The molecule has 0 radical (unpaired) electrons. The van der Waals surface area contributed by atoms with Gasteiger partial charge in [0.15, 0.2) is 11.5 Å². The number of carbonyl (C=O) groups is 2. The van der Waals surface area contributed by atoms with Gasteiger partial charge in [0.2, 0.25) is 0 Å². The van der Waals surface area contributed by atoms with Crippen LogP contribution in [0.15, 0.2) is 47.6 Å². The Kier molecular flexibility index (Phi) is 7.30. The molecule has 0 aliphatic carbocycles. The lowest BCUT2D eigenvalue weighted by molar-refractivity contribution is -0.139. The molecule has 0 unspecified atom stereocenters. The molecular weight excluding hydrogens is 353 g/mol. The fourth-order valence-electron chi connectivity index (χ4n) is 2.13. The Balaban J connectivity index is 1.99. The highest BCUT2D eigenvalue weighted by molar-refractivity contribution is 6.35. The van der Waals surface area contributed by atoms with E-state index in [0.717, 1.165) is 0 Å². The van der Waals surface area contributed by atoms with Gasteiger partial charge in [-0.2, -0.15) is 5.10 Å². The predicted molar refractivity (Wildman–Crippen MR) is 98.1 cm³/mol. The number of rotatable bonds is 7. The van der Waals surface area contributed by atoms with Crippen LogP contribution in [0.3, 0.4) is 0 Å². The van der Waals surface area contributed by atoms with E-state index in [4.69, 9.17) is 9.47 Å². The zero-order valence-electron chi connectivity index (χ0n) is 15.0. The minimum Gasteiger partial charge on any atom is -0.493 e. The third kappa shape index (κ3) is 6.10. The van der Waals surface area contributed by atoms with Crippen molar-refractivity contribution in [3.63, 3.8) is 0 Å². The predicted octanol–water partition coefficient (Wildman–Crippen LogP) is 2.00. The lowest BCUT2D eigenvalue weighted by atomic mass is 10.2. The second-order valence-electron chi connectivity index (χ2n) is 5.39. The van der Waals surface area contributed by atoms with Crippen molar-refractivity contribution in [2.45, 2.75) is 13.5 Å². The molecule has 0 fully saturated rings. The van der Waals surface area contributed by atoms with Crippen molar-refractivity contribution in [3.8, 4) is 11.5 Å². The van der Waals surface area contributed by atoms with Gasteiger partial charge in [0.05, 0.1) is 13.3 Å². The van der Waals surface area contributed by atoms with Crippen LogP contribution in [-0.4, -0.2) is 31.7 Å². The Morgan fingerprint density at radius 2 is 1.96 bits per heavy atom. The molecule has 0 aromatic heterocycles. The molecule has 0 aliphatic heterocycles. The van der Waals surface area contributed by atoms with Crippen molar-refractivity contribution in [3.05, 3.63) is 59.4 Å². The first-order valence-corrected chi connectivity index (χ1v) is 8.20. The zero-order chi connectivity index (χ0) is 19.6. The summed E-state index contributed by atoms with van der Waals surface area (Å²) in [6, 6.07) is 11.2. The summed E-state index contributed by atoms with van der Waals surface area (Å²) in [6.45, 7) is 2.24. The summed E-state index contributed by atoms with van der Waals surface area (Å²) < 4.78 is 24.2. The number of carbonyl (C=O) groups excluding carboxylic acids is 2. The van der Waals surface area contributed by atoms with E-state index in [0.29, 0.717) is 29.2 Å². The van der Waals surface area contributed by atoms with Crippen molar-refractivity contribution in [2.24, 2.45) is 5.10 Å². The maximum absolute atomic E-state index is 13.2. The van der Waals surface area contributed by atoms with E-state index in [9.17, 15) is 14.0 Å². The van der Waals surface area contributed by atoms with Gasteiger partial charge in [-0.15, -0.1) is 0 Å². The van der Waals surface area contributed by atoms with E-state index in [-0.39, 0.29) is 12.4 Å². The molecule has 0 saturated carbocycles. The SMILES string of the molecule is CCNC(=O)C(=O)N/N=C\c1ccc(OCc2cccc(F)c2)c(OC)c1. The van der Waals surface area contributed by atoms with E-state index in [1.54, 1.807) is 37.3 Å². The third-order valence-corrected chi connectivity index (χ3v) is 3.39. The molecule has 0 saturated heterocycles. The molecule has 2 N–H and O–H groups in total. The fourth-order valence-corrected chi connectivity index (χ4v) is 2.13. The van der Waals surface area contributed by atoms with Gasteiger partial charge in [-0.3, -0.25) is 9.59 Å². The van der Waals surface area contributed by atoms with E-state index >= 15 is 0 Å². The molecule has 0 spiro atoms. The number of hydrogen-bond donors (Lipinski definition) is 2. The van der Waals surface area contributed by atoms with Gasteiger partial charge in [0, 0.05) is 6.54 Å². The second-order valence-corrected chi connectivity index (χ2v) is 5.39. The van der Waals surface area contributed by atoms with Crippen LogP contribution in [0.2, 0.25) is 0 Å². The Labute approximate surface area is 156 Å². The van der Waals surface area contributed by atoms with E-state index in [2.05, 4.69) is 15.8 Å². The minimum absolute atomic E-state index is 0.185. The van der Waals surface area contributed by atoms with E-state index < -0.39 is 11.8 Å². The third-order valence-electron chi connectivity index (χ3n) is 3.39. The molecule has 142 valence electrons. The van der Waals surface area contributed by atoms with Gasteiger partial charge in [-0.25, -0.2) is 9.82 Å². The summed E-state index contributed by atoms with van der Waals surface area (Å²) in [4.78, 5) is 22.7. The second kappa shape index (κ2) is 9.91. The van der Waals surface area contributed by atoms with Crippen LogP contribution >= 0.6 is 0 Å². The molecule has 0 aliphatic rings. The number of hydrazone groups is 1. The number of methoxy groups -OCH3 is 1. The molecule has 2 aromatic carbocycles. The molecule has 27 heavy (non-hydrogen) atoms. The van der Waals surface area contributed by atoms with Crippen LogP contribution in [0.25, 0.3) is 0 Å². The maximum Gasteiger partial charge on any atom is 0.329 e. The number of halogens is 1. The van der Waals surface area contributed by atoms with Crippen LogP contribution < -0.4 is 20.2 Å². The highest BCUT2D eigenvalue weighted by Gasteiger charge is 2.10. The van der Waals surface area contributed by atoms with Gasteiger partial charge >= 0.3 is 11.8 Å². The molecule has 8 heteroatoms. The molecule has 7 nitrogen and oxygen atoms in total. The molecule has 0 heterocycles. The summed E-state index contributed by atoms with van der Waals surface area (Å²) in [5, 5.41) is 6.10. The number of likely N-dealkylation sites (N-methyl/N-ethyl adjacent to an activating group) is 1. The first-order chi connectivity index (χ1) is 13.0. The Morgan fingerprint density at radius 3 is 2.67 bits per heavy atom. The number of benzene rings is 2. The van der Waals surface area contributed by atoms with Crippen molar-refractivity contribution >= 4 is 18.0 Å². The van der Waals surface area contributed by atoms with Gasteiger partial charge in [0.1, 0.15) is 12.4 Å². The van der Waals surface area contributed by atoms with Crippen LogP contribution in [0, 0.1) is 5.82 Å². The summed E-state index contributed by atoms with van der Waals surface area (Å²) in [6.07, 6.45) is 1.37. The number of hydrogen-bond acceptors (Lipinski definition) is 5. The first kappa shape index (κ1) is 19.9. The van der Waals surface area contributed by atoms with Gasteiger partial charge in [-0.1, -0.05) is 12.1 Å². The van der Waals surface area contributed by atoms with E-state index in [1.165, 1.54) is 25.5 Å². The fraction of sp³-hybridized carbons (Fsp3) is 0.211. The van der Waals surface area contributed by atoms with Crippen LogP contribution in [0.1, 0.15) is 18.1 Å². The summed E-state index contributed by atoms with van der Waals surface area (Å²) in [5.74, 6) is -1.01. The Morgan fingerprint density at radius 1 is 1.15 bits per heavy atom. The average molecular weight is 373 g/mol. The van der Waals surface area contributed by atoms with Crippen molar-refractivity contribution in [1.29, 1.82) is 0 Å². The normalized spacial score (nSPS) is 10.5. The molecule has 0 bridgehead atoms. The first-order valence-electron chi connectivity index (χ1n) is 8.20. The quantitative estimate of drug-likeness (QED) is 0.441. The number of nitrogens with zero attached hydrogens (tertiary/aromatic N) is 1. The Hall–Kier alpha value is -3.42. The summed E-state index contributed by atoms with van der Waals surface area (Å²) in [7, 11) is 1.49. The highest BCUT2D eigenvalue weighted by atomic mass is 19.1. The highest BCUT2D eigenvalue weighted by Crippen LogP contribution is 2.28. The smallest absolute Gasteiger partial charge is 0.329 e. The minimum atomic E-state index is -0.852. The Bertz CT molecular complexity index is 839. The lowest BCUT2D eigenvalue weighted by Gasteiger charge is -2.11. The largest absolute Gasteiger partial charge is 0.493 e. The van der Waals surface area contributed by atoms with Crippen molar-refractivity contribution < 1.29 is 23.5 Å². The number of ether oxygens (including phenoxy) is 2. The maximum atomic E-state index is 13.2. The molecule has 2 aromatic rings. The van der Waals surface area contributed by atoms with Crippen molar-refractivity contribution in [2.75, 3.05) is 13.7 Å².